The molecule has 1 aromatic rings. The van der Waals surface area contributed by atoms with E-state index in [1.165, 1.54) is 51.3 Å². The minimum atomic E-state index is -0.122. The van der Waals surface area contributed by atoms with Gasteiger partial charge in [-0.05, 0) is 30.5 Å². The van der Waals surface area contributed by atoms with Crippen molar-refractivity contribution in [2.75, 3.05) is 26.2 Å². The van der Waals surface area contributed by atoms with Crippen LogP contribution in [-0.2, 0) is 6.54 Å². The summed E-state index contributed by atoms with van der Waals surface area (Å²) in [4.78, 5) is 5.13. The van der Waals surface area contributed by atoms with Crippen molar-refractivity contribution in [3.05, 3.63) is 35.6 Å². The summed E-state index contributed by atoms with van der Waals surface area (Å²) in [6.45, 7) is 5.48. The summed E-state index contributed by atoms with van der Waals surface area (Å²) < 4.78 is 13.2. The number of hydrogen-bond donors (Lipinski definition) is 0. The Hall–Kier alpha value is -0.930. The minimum absolute atomic E-state index is 0.122. The maximum absolute atomic E-state index is 13.2. The topological polar surface area (TPSA) is 6.48 Å². The molecule has 0 atom stereocenters. The first-order valence-corrected chi connectivity index (χ1v) is 8.02. The normalized spacial score (nSPS) is 23.1. The molecule has 0 aromatic heterocycles. The molecule has 20 heavy (non-hydrogen) atoms. The lowest BCUT2D eigenvalue weighted by Gasteiger charge is -2.40. The molecule has 0 radical (unpaired) electrons. The summed E-state index contributed by atoms with van der Waals surface area (Å²) in [5.74, 6) is -0.122. The molecule has 1 heterocycles. The van der Waals surface area contributed by atoms with E-state index in [0.717, 1.165) is 31.2 Å². The molecule has 0 unspecified atom stereocenters. The summed E-state index contributed by atoms with van der Waals surface area (Å²) in [6.07, 6.45) is 7.03. The van der Waals surface area contributed by atoms with E-state index in [9.17, 15) is 4.39 Å². The average Bonchev–Trinajstić information content (AvgIpc) is 2.49. The monoisotopic (exact) mass is 276 g/mol. The van der Waals surface area contributed by atoms with Gasteiger partial charge in [0.25, 0.3) is 0 Å². The van der Waals surface area contributed by atoms with Crippen molar-refractivity contribution in [3.63, 3.8) is 0 Å². The molecular weight excluding hydrogens is 251 g/mol. The molecule has 2 fully saturated rings. The molecule has 2 aliphatic rings. The van der Waals surface area contributed by atoms with Crippen molar-refractivity contribution < 1.29 is 4.39 Å². The SMILES string of the molecule is Fc1cccc(CN2CCN(C3CCCCC3)CC2)c1. The van der Waals surface area contributed by atoms with E-state index in [0.29, 0.717) is 0 Å². The quantitative estimate of drug-likeness (QED) is 0.836. The van der Waals surface area contributed by atoms with Crippen LogP contribution in [0.15, 0.2) is 24.3 Å². The van der Waals surface area contributed by atoms with Gasteiger partial charge >= 0.3 is 0 Å². The summed E-state index contributed by atoms with van der Waals surface area (Å²) in [6, 6.07) is 7.84. The predicted molar refractivity (Wildman–Crippen MR) is 80.1 cm³/mol. The molecule has 0 N–H and O–H groups in total. The van der Waals surface area contributed by atoms with Crippen molar-refractivity contribution in [3.8, 4) is 0 Å². The summed E-state index contributed by atoms with van der Waals surface area (Å²) in [5, 5.41) is 0. The molecule has 1 aromatic carbocycles. The first kappa shape index (κ1) is 14.0. The average molecular weight is 276 g/mol. The molecule has 0 spiro atoms. The second-order valence-corrected chi connectivity index (χ2v) is 6.23. The fourth-order valence-corrected chi connectivity index (χ4v) is 3.63. The Kier molecular flexibility index (Phi) is 4.69. The Morgan fingerprint density at radius 3 is 2.45 bits per heavy atom. The van der Waals surface area contributed by atoms with Crippen LogP contribution in [0.1, 0.15) is 37.7 Å². The van der Waals surface area contributed by atoms with E-state index in [1.807, 2.05) is 12.1 Å². The molecule has 3 heteroatoms. The maximum Gasteiger partial charge on any atom is 0.123 e. The van der Waals surface area contributed by atoms with Crippen LogP contribution in [0, 0.1) is 5.82 Å². The van der Waals surface area contributed by atoms with Crippen molar-refractivity contribution in [1.82, 2.24) is 9.80 Å². The molecule has 1 saturated heterocycles. The fourth-order valence-electron chi connectivity index (χ4n) is 3.63. The molecule has 110 valence electrons. The van der Waals surface area contributed by atoms with Crippen molar-refractivity contribution in [2.45, 2.75) is 44.7 Å². The Morgan fingerprint density at radius 2 is 1.75 bits per heavy atom. The molecular formula is C17H25FN2. The third-order valence-electron chi connectivity index (χ3n) is 4.79. The van der Waals surface area contributed by atoms with Gasteiger partial charge in [0, 0.05) is 38.8 Å². The lowest BCUT2D eigenvalue weighted by molar-refractivity contribution is 0.0754. The second kappa shape index (κ2) is 6.68. The minimum Gasteiger partial charge on any atom is -0.298 e. The predicted octanol–water partition coefficient (Wildman–Crippen LogP) is 3.28. The third kappa shape index (κ3) is 3.58. The number of nitrogens with zero attached hydrogens (tertiary/aromatic N) is 2. The van der Waals surface area contributed by atoms with Crippen molar-refractivity contribution in [2.24, 2.45) is 0 Å². The van der Waals surface area contributed by atoms with E-state index in [-0.39, 0.29) is 5.82 Å². The van der Waals surface area contributed by atoms with Gasteiger partial charge in [0.05, 0.1) is 0 Å². The molecule has 1 aliphatic carbocycles. The largest absolute Gasteiger partial charge is 0.298 e. The Labute approximate surface area is 121 Å². The van der Waals surface area contributed by atoms with E-state index in [4.69, 9.17) is 0 Å². The Bertz CT molecular complexity index is 421. The van der Waals surface area contributed by atoms with E-state index >= 15 is 0 Å². The van der Waals surface area contributed by atoms with Gasteiger partial charge in [0.1, 0.15) is 5.82 Å². The number of piperazine rings is 1. The molecule has 1 saturated carbocycles. The zero-order valence-corrected chi connectivity index (χ0v) is 12.2. The highest BCUT2D eigenvalue weighted by atomic mass is 19.1. The number of rotatable bonds is 3. The number of benzene rings is 1. The van der Waals surface area contributed by atoms with Gasteiger partial charge in [-0.15, -0.1) is 0 Å². The first-order valence-electron chi connectivity index (χ1n) is 8.02. The number of halogens is 1. The Balaban J connectivity index is 1.48. The standard InChI is InChI=1S/C17H25FN2/c18-16-6-4-5-15(13-16)14-19-9-11-20(12-10-19)17-7-2-1-3-8-17/h4-6,13,17H,1-3,7-12,14H2. The fraction of sp³-hybridized carbons (Fsp3) is 0.647. The van der Waals surface area contributed by atoms with Gasteiger partial charge < -0.3 is 0 Å². The van der Waals surface area contributed by atoms with Gasteiger partial charge in [-0.1, -0.05) is 31.4 Å². The van der Waals surface area contributed by atoms with Crippen LogP contribution in [0.3, 0.4) is 0 Å². The molecule has 3 rings (SSSR count). The lowest BCUT2D eigenvalue weighted by atomic mass is 9.94. The van der Waals surface area contributed by atoms with Crippen LogP contribution >= 0.6 is 0 Å². The van der Waals surface area contributed by atoms with E-state index < -0.39 is 0 Å². The van der Waals surface area contributed by atoms with Crippen LogP contribution in [0.4, 0.5) is 4.39 Å². The van der Waals surface area contributed by atoms with Crippen LogP contribution in [-0.4, -0.2) is 42.0 Å². The summed E-state index contributed by atoms with van der Waals surface area (Å²) >= 11 is 0. The van der Waals surface area contributed by atoms with Crippen LogP contribution in [0.25, 0.3) is 0 Å². The highest BCUT2D eigenvalue weighted by molar-refractivity contribution is 5.16. The van der Waals surface area contributed by atoms with Crippen molar-refractivity contribution in [1.29, 1.82) is 0 Å². The van der Waals surface area contributed by atoms with E-state index in [2.05, 4.69) is 9.80 Å². The molecule has 0 bridgehead atoms. The highest BCUT2D eigenvalue weighted by Gasteiger charge is 2.24. The van der Waals surface area contributed by atoms with E-state index in [1.54, 1.807) is 6.07 Å². The zero-order valence-electron chi connectivity index (χ0n) is 12.2. The molecule has 2 nitrogen and oxygen atoms in total. The number of hydrogen-bond acceptors (Lipinski definition) is 2. The maximum atomic E-state index is 13.2. The first-order chi connectivity index (χ1) is 9.81. The second-order valence-electron chi connectivity index (χ2n) is 6.23. The van der Waals surface area contributed by atoms with Crippen molar-refractivity contribution >= 4 is 0 Å². The lowest BCUT2D eigenvalue weighted by Crippen LogP contribution is -2.50. The summed E-state index contributed by atoms with van der Waals surface area (Å²) in [5.41, 5.74) is 1.09. The van der Waals surface area contributed by atoms with Gasteiger partial charge in [-0.3, -0.25) is 9.80 Å². The zero-order chi connectivity index (χ0) is 13.8. The smallest absolute Gasteiger partial charge is 0.123 e. The summed E-state index contributed by atoms with van der Waals surface area (Å²) in [7, 11) is 0. The van der Waals surface area contributed by atoms with Gasteiger partial charge in [-0.2, -0.15) is 0 Å². The molecule has 1 aliphatic heterocycles. The van der Waals surface area contributed by atoms with Crippen LogP contribution < -0.4 is 0 Å². The van der Waals surface area contributed by atoms with Crippen LogP contribution in [0.2, 0.25) is 0 Å². The van der Waals surface area contributed by atoms with Gasteiger partial charge in [0.15, 0.2) is 0 Å². The molecule has 0 amide bonds. The third-order valence-corrected chi connectivity index (χ3v) is 4.79. The highest BCUT2D eigenvalue weighted by Crippen LogP contribution is 2.23. The van der Waals surface area contributed by atoms with Crippen LogP contribution in [0.5, 0.6) is 0 Å². The van der Waals surface area contributed by atoms with Gasteiger partial charge in [-0.25, -0.2) is 4.39 Å². The van der Waals surface area contributed by atoms with Gasteiger partial charge in [0.2, 0.25) is 0 Å². The Morgan fingerprint density at radius 1 is 1.00 bits per heavy atom.